The summed E-state index contributed by atoms with van der Waals surface area (Å²) >= 11 is 0. The molecule has 0 fully saturated rings. The Hall–Kier alpha value is -1.75. The molecule has 3 N–H and O–H groups in total. The third kappa shape index (κ3) is 4.25. The first kappa shape index (κ1) is 14.3. The molecule has 1 amide bonds. The van der Waals surface area contributed by atoms with Crippen molar-refractivity contribution in [3.63, 3.8) is 0 Å². The van der Waals surface area contributed by atoms with E-state index in [0.29, 0.717) is 30.2 Å². The third-order valence-corrected chi connectivity index (χ3v) is 2.48. The molecule has 0 saturated heterocycles. The number of hydrogen-bond donors (Lipinski definition) is 2. The highest BCUT2D eigenvalue weighted by atomic mass is 16.5. The summed E-state index contributed by atoms with van der Waals surface area (Å²) in [7, 11) is 3.17. The van der Waals surface area contributed by atoms with Crippen molar-refractivity contribution in [2.45, 2.75) is 13.3 Å². The number of carbonyl (C=O) groups excluding carboxylic acids is 1. The molecule has 5 nitrogen and oxygen atoms in total. The number of anilines is 2. The predicted octanol–water partition coefficient (Wildman–Crippen LogP) is 1.89. The summed E-state index contributed by atoms with van der Waals surface area (Å²) in [6, 6.07) is 5.13. The number of ether oxygens (including phenoxy) is 2. The number of methoxy groups -OCH3 is 2. The average molecular weight is 252 g/mol. The van der Waals surface area contributed by atoms with Crippen LogP contribution in [0.2, 0.25) is 0 Å². The first-order chi connectivity index (χ1) is 8.56. The highest BCUT2D eigenvalue weighted by Gasteiger charge is 2.11. The quantitative estimate of drug-likeness (QED) is 0.758. The van der Waals surface area contributed by atoms with Gasteiger partial charge in [0.2, 0.25) is 5.91 Å². The Morgan fingerprint density at radius 3 is 2.78 bits per heavy atom. The minimum absolute atomic E-state index is 0.0801. The largest absolute Gasteiger partial charge is 0.495 e. The van der Waals surface area contributed by atoms with E-state index >= 15 is 0 Å². The number of carbonyl (C=O) groups is 1. The molecule has 0 heterocycles. The molecule has 0 saturated carbocycles. The second-order valence-corrected chi connectivity index (χ2v) is 4.27. The molecule has 0 aliphatic carbocycles. The van der Waals surface area contributed by atoms with Crippen LogP contribution < -0.4 is 15.8 Å². The summed E-state index contributed by atoms with van der Waals surface area (Å²) < 4.78 is 10.2. The fraction of sp³-hybridized carbons (Fsp3) is 0.462. The minimum atomic E-state index is -0.0801. The molecule has 1 unspecified atom stereocenters. The fourth-order valence-corrected chi connectivity index (χ4v) is 1.68. The lowest BCUT2D eigenvalue weighted by Crippen LogP contribution is -2.18. The van der Waals surface area contributed by atoms with Crippen molar-refractivity contribution in [2.75, 3.05) is 31.9 Å². The summed E-state index contributed by atoms with van der Waals surface area (Å²) in [6.07, 6.45) is 0.395. The highest BCUT2D eigenvalue weighted by Crippen LogP contribution is 2.26. The molecular weight excluding hydrogens is 232 g/mol. The first-order valence-corrected chi connectivity index (χ1v) is 5.79. The van der Waals surface area contributed by atoms with Gasteiger partial charge in [-0.2, -0.15) is 0 Å². The summed E-state index contributed by atoms with van der Waals surface area (Å²) in [5, 5.41) is 2.79. The predicted molar refractivity (Wildman–Crippen MR) is 71.7 cm³/mol. The van der Waals surface area contributed by atoms with E-state index in [2.05, 4.69) is 5.32 Å². The van der Waals surface area contributed by atoms with E-state index in [-0.39, 0.29) is 11.8 Å². The van der Waals surface area contributed by atoms with Crippen LogP contribution in [0.5, 0.6) is 5.75 Å². The van der Waals surface area contributed by atoms with Crippen molar-refractivity contribution >= 4 is 17.3 Å². The van der Waals surface area contributed by atoms with Crippen LogP contribution in [0.3, 0.4) is 0 Å². The van der Waals surface area contributed by atoms with Gasteiger partial charge < -0.3 is 20.5 Å². The SMILES string of the molecule is COCC(C)CC(=O)Nc1cc(N)ccc1OC. The lowest BCUT2D eigenvalue weighted by atomic mass is 10.1. The molecule has 1 atom stereocenters. The lowest BCUT2D eigenvalue weighted by Gasteiger charge is -2.13. The smallest absolute Gasteiger partial charge is 0.224 e. The maximum atomic E-state index is 11.8. The van der Waals surface area contributed by atoms with E-state index in [4.69, 9.17) is 15.2 Å². The van der Waals surface area contributed by atoms with E-state index in [1.807, 2.05) is 6.92 Å². The van der Waals surface area contributed by atoms with Crippen LogP contribution in [-0.2, 0) is 9.53 Å². The van der Waals surface area contributed by atoms with Gasteiger partial charge in [0.15, 0.2) is 0 Å². The molecule has 0 spiro atoms. The van der Waals surface area contributed by atoms with Crippen molar-refractivity contribution in [1.82, 2.24) is 0 Å². The summed E-state index contributed by atoms with van der Waals surface area (Å²) in [5.41, 5.74) is 6.85. The number of hydrogen-bond acceptors (Lipinski definition) is 4. The van der Waals surface area contributed by atoms with Gasteiger partial charge in [0.1, 0.15) is 5.75 Å². The minimum Gasteiger partial charge on any atom is -0.495 e. The van der Waals surface area contributed by atoms with Crippen LogP contribution in [0, 0.1) is 5.92 Å². The van der Waals surface area contributed by atoms with E-state index in [1.54, 1.807) is 32.4 Å². The Morgan fingerprint density at radius 1 is 1.44 bits per heavy atom. The maximum Gasteiger partial charge on any atom is 0.224 e. The summed E-state index contributed by atoms with van der Waals surface area (Å²) in [4.78, 5) is 11.8. The van der Waals surface area contributed by atoms with Crippen molar-refractivity contribution in [3.05, 3.63) is 18.2 Å². The monoisotopic (exact) mass is 252 g/mol. The number of amides is 1. The van der Waals surface area contributed by atoms with Gasteiger partial charge in [-0.15, -0.1) is 0 Å². The summed E-state index contributed by atoms with van der Waals surface area (Å²) in [6.45, 7) is 2.52. The third-order valence-electron chi connectivity index (χ3n) is 2.48. The van der Waals surface area contributed by atoms with E-state index in [1.165, 1.54) is 0 Å². The van der Waals surface area contributed by atoms with Crippen LogP contribution in [0.25, 0.3) is 0 Å². The lowest BCUT2D eigenvalue weighted by molar-refractivity contribution is -0.117. The molecule has 0 radical (unpaired) electrons. The Morgan fingerprint density at radius 2 is 2.17 bits per heavy atom. The molecule has 0 bridgehead atoms. The van der Waals surface area contributed by atoms with Gasteiger partial charge in [0.25, 0.3) is 0 Å². The van der Waals surface area contributed by atoms with E-state index in [9.17, 15) is 4.79 Å². The number of benzene rings is 1. The summed E-state index contributed by atoms with van der Waals surface area (Å²) in [5.74, 6) is 0.683. The molecule has 1 aromatic carbocycles. The number of rotatable bonds is 6. The Labute approximate surface area is 107 Å². The van der Waals surface area contributed by atoms with Gasteiger partial charge in [0, 0.05) is 25.8 Å². The van der Waals surface area contributed by atoms with Gasteiger partial charge in [-0.05, 0) is 24.1 Å². The van der Waals surface area contributed by atoms with Crippen molar-refractivity contribution in [1.29, 1.82) is 0 Å². The van der Waals surface area contributed by atoms with E-state index < -0.39 is 0 Å². The highest BCUT2D eigenvalue weighted by molar-refractivity contribution is 5.93. The molecule has 5 heteroatoms. The molecule has 0 aromatic heterocycles. The van der Waals surface area contributed by atoms with Crippen LogP contribution in [0.1, 0.15) is 13.3 Å². The van der Waals surface area contributed by atoms with Gasteiger partial charge >= 0.3 is 0 Å². The second-order valence-electron chi connectivity index (χ2n) is 4.27. The number of nitrogens with one attached hydrogen (secondary N) is 1. The molecule has 1 aromatic rings. The van der Waals surface area contributed by atoms with Crippen molar-refractivity contribution in [2.24, 2.45) is 5.92 Å². The molecule has 18 heavy (non-hydrogen) atoms. The molecule has 0 aliphatic heterocycles. The second kappa shape index (κ2) is 6.86. The zero-order chi connectivity index (χ0) is 13.5. The normalized spacial score (nSPS) is 11.9. The van der Waals surface area contributed by atoms with Gasteiger partial charge in [-0.25, -0.2) is 0 Å². The standard InChI is InChI=1S/C13H20N2O3/c1-9(8-17-2)6-13(16)15-11-7-10(14)4-5-12(11)18-3/h4-5,7,9H,6,8,14H2,1-3H3,(H,15,16). The number of nitrogens with two attached hydrogens (primary N) is 1. The maximum absolute atomic E-state index is 11.8. The van der Waals surface area contributed by atoms with Gasteiger partial charge in [-0.1, -0.05) is 6.92 Å². The van der Waals surface area contributed by atoms with Crippen LogP contribution in [-0.4, -0.2) is 26.7 Å². The van der Waals surface area contributed by atoms with E-state index in [0.717, 1.165) is 0 Å². The van der Waals surface area contributed by atoms with Crippen LogP contribution >= 0.6 is 0 Å². The molecular formula is C13H20N2O3. The topological polar surface area (TPSA) is 73.6 Å². The van der Waals surface area contributed by atoms with Crippen molar-refractivity contribution in [3.8, 4) is 5.75 Å². The molecule has 100 valence electrons. The van der Waals surface area contributed by atoms with Crippen LogP contribution in [0.4, 0.5) is 11.4 Å². The first-order valence-electron chi connectivity index (χ1n) is 5.79. The Balaban J connectivity index is 2.66. The van der Waals surface area contributed by atoms with Gasteiger partial charge in [0.05, 0.1) is 12.8 Å². The fourth-order valence-electron chi connectivity index (χ4n) is 1.68. The average Bonchev–Trinajstić information content (AvgIpc) is 2.29. The number of nitrogen functional groups attached to an aromatic ring is 1. The zero-order valence-electron chi connectivity index (χ0n) is 11.0. The Bertz CT molecular complexity index is 407. The molecule has 1 rings (SSSR count). The van der Waals surface area contributed by atoms with Gasteiger partial charge in [-0.3, -0.25) is 4.79 Å². The van der Waals surface area contributed by atoms with Crippen molar-refractivity contribution < 1.29 is 14.3 Å². The van der Waals surface area contributed by atoms with Crippen LogP contribution in [0.15, 0.2) is 18.2 Å². The molecule has 0 aliphatic rings. The zero-order valence-corrected chi connectivity index (χ0v) is 11.0. The Kier molecular flexibility index (Phi) is 5.45.